The molecular formula is C24H31BClFO4. The molecule has 4 nitrogen and oxygen atoms in total. The maximum atomic E-state index is 14.2. The Hall–Kier alpha value is -1.89. The molecule has 0 aliphatic carbocycles. The molecule has 2 atom stereocenters. The van der Waals surface area contributed by atoms with Gasteiger partial charge in [-0.2, -0.15) is 0 Å². The summed E-state index contributed by atoms with van der Waals surface area (Å²) < 4.78 is 24.7. The van der Waals surface area contributed by atoms with E-state index in [4.69, 9.17) is 21.1 Å². The zero-order chi connectivity index (χ0) is 23.0. The molecular weight excluding hydrogens is 418 g/mol. The summed E-state index contributed by atoms with van der Waals surface area (Å²) in [7, 11) is 1.56. The molecule has 0 radical (unpaired) electrons. The minimum atomic E-state index is -0.797. The van der Waals surface area contributed by atoms with Gasteiger partial charge in [0, 0.05) is 17.7 Å². The second-order valence-corrected chi connectivity index (χ2v) is 8.83. The largest absolute Gasteiger partial charge is 0.466 e. The highest BCUT2D eigenvalue weighted by Crippen LogP contribution is 2.33. The van der Waals surface area contributed by atoms with Crippen molar-refractivity contribution in [2.24, 2.45) is 11.3 Å². The Morgan fingerprint density at radius 1 is 1.26 bits per heavy atom. The Kier molecular flexibility index (Phi) is 9.54. The monoisotopic (exact) mass is 448 g/mol. The Labute approximate surface area is 189 Å². The van der Waals surface area contributed by atoms with Crippen LogP contribution in [0.1, 0.15) is 25.8 Å². The molecule has 2 aromatic carbocycles. The van der Waals surface area contributed by atoms with Gasteiger partial charge in [0.15, 0.2) is 0 Å². The van der Waals surface area contributed by atoms with Gasteiger partial charge in [0.05, 0.1) is 18.6 Å². The van der Waals surface area contributed by atoms with Crippen LogP contribution >= 0.6 is 11.6 Å². The van der Waals surface area contributed by atoms with Crippen LogP contribution in [0.2, 0.25) is 18.2 Å². The van der Waals surface area contributed by atoms with Gasteiger partial charge in [0.1, 0.15) is 5.82 Å². The second-order valence-electron chi connectivity index (χ2n) is 8.39. The summed E-state index contributed by atoms with van der Waals surface area (Å²) in [5.41, 5.74) is 1.44. The van der Waals surface area contributed by atoms with Crippen molar-refractivity contribution in [2.75, 3.05) is 20.3 Å². The lowest BCUT2D eigenvalue weighted by atomic mass is 9.60. The van der Waals surface area contributed by atoms with Crippen LogP contribution in [0.15, 0.2) is 42.5 Å². The van der Waals surface area contributed by atoms with Crippen LogP contribution in [0.3, 0.4) is 0 Å². The van der Waals surface area contributed by atoms with Crippen molar-refractivity contribution in [1.29, 1.82) is 0 Å². The number of carbonyl (C=O) groups is 1. The number of esters is 1. The lowest BCUT2D eigenvalue weighted by Gasteiger charge is -2.31. The third kappa shape index (κ3) is 7.34. The quantitative estimate of drug-likeness (QED) is 0.363. The molecule has 0 aromatic heterocycles. The maximum absolute atomic E-state index is 14.2. The van der Waals surface area contributed by atoms with E-state index in [9.17, 15) is 14.2 Å². The molecule has 168 valence electrons. The van der Waals surface area contributed by atoms with E-state index in [1.54, 1.807) is 26.9 Å². The van der Waals surface area contributed by atoms with Crippen molar-refractivity contribution in [2.45, 2.75) is 39.8 Å². The standard InChI is InChI=1S/C24H31BClFO4/c1-5-31-23(28)24(2,16-30-4)14-18(15-25(3)29)12-17-6-8-19(9-7-17)21-13-20(26)10-11-22(21)27/h6-11,13,18,29H,5,12,14-16H2,1-4H3/t18-,24+/m1/s1. The van der Waals surface area contributed by atoms with E-state index >= 15 is 0 Å². The van der Waals surface area contributed by atoms with E-state index in [0.29, 0.717) is 36.4 Å². The average Bonchev–Trinajstić information content (AvgIpc) is 2.70. The van der Waals surface area contributed by atoms with Gasteiger partial charge < -0.3 is 14.5 Å². The van der Waals surface area contributed by atoms with E-state index in [2.05, 4.69) is 0 Å². The zero-order valence-electron chi connectivity index (χ0n) is 18.7. The molecule has 0 saturated carbocycles. The number of benzene rings is 2. The van der Waals surface area contributed by atoms with Crippen molar-refractivity contribution >= 4 is 24.5 Å². The first-order chi connectivity index (χ1) is 14.7. The number of rotatable bonds is 11. The van der Waals surface area contributed by atoms with Crippen LogP contribution in [-0.4, -0.2) is 38.2 Å². The van der Waals surface area contributed by atoms with E-state index in [0.717, 1.165) is 11.1 Å². The van der Waals surface area contributed by atoms with E-state index in [1.165, 1.54) is 12.1 Å². The molecule has 2 aromatic rings. The van der Waals surface area contributed by atoms with Crippen LogP contribution in [0, 0.1) is 17.2 Å². The highest BCUT2D eigenvalue weighted by molar-refractivity contribution is 6.48. The first-order valence-corrected chi connectivity index (χ1v) is 10.9. The van der Waals surface area contributed by atoms with Crippen molar-refractivity contribution in [1.82, 2.24) is 0 Å². The smallest absolute Gasteiger partial charge is 0.314 e. The first kappa shape index (κ1) is 25.4. The molecule has 0 unspecified atom stereocenters. The number of hydrogen-bond donors (Lipinski definition) is 1. The van der Waals surface area contributed by atoms with E-state index < -0.39 is 12.3 Å². The molecule has 0 heterocycles. The first-order valence-electron chi connectivity index (χ1n) is 10.6. The predicted molar refractivity (Wildman–Crippen MR) is 124 cm³/mol. The fourth-order valence-corrected chi connectivity index (χ4v) is 4.23. The Balaban J connectivity index is 2.21. The number of hydrogen-bond acceptors (Lipinski definition) is 4. The van der Waals surface area contributed by atoms with Gasteiger partial charge in [0.25, 0.3) is 6.92 Å². The topological polar surface area (TPSA) is 55.8 Å². The maximum Gasteiger partial charge on any atom is 0.314 e. The Morgan fingerprint density at radius 2 is 1.94 bits per heavy atom. The molecule has 1 N–H and O–H groups in total. The number of halogens is 2. The van der Waals surface area contributed by atoms with Gasteiger partial charge in [-0.1, -0.05) is 42.7 Å². The fourth-order valence-electron chi connectivity index (χ4n) is 4.06. The fraction of sp³-hybridized carbons (Fsp3) is 0.458. The molecule has 0 aliphatic heterocycles. The summed E-state index contributed by atoms with van der Waals surface area (Å²) in [5.74, 6) is -0.577. The SMILES string of the molecule is CCOC(=O)[C@](C)(COC)C[C@H](CB(C)O)Cc1ccc(-c2cc(Cl)ccc2F)cc1. The molecule has 0 saturated heterocycles. The summed E-state index contributed by atoms with van der Waals surface area (Å²) in [6.45, 7) is 5.42. The van der Waals surface area contributed by atoms with Gasteiger partial charge in [-0.05, 0) is 68.3 Å². The molecule has 7 heteroatoms. The third-order valence-electron chi connectivity index (χ3n) is 5.36. The van der Waals surface area contributed by atoms with Crippen LogP contribution in [0.5, 0.6) is 0 Å². The molecule has 0 amide bonds. The molecule has 2 rings (SSSR count). The van der Waals surface area contributed by atoms with Crippen molar-refractivity contribution < 1.29 is 23.7 Å². The Bertz CT molecular complexity index is 859. The van der Waals surface area contributed by atoms with Crippen molar-refractivity contribution in [3.63, 3.8) is 0 Å². The van der Waals surface area contributed by atoms with E-state index in [-0.39, 0.29) is 24.3 Å². The average molecular weight is 449 g/mol. The summed E-state index contributed by atoms with van der Waals surface area (Å²) in [5, 5.41) is 10.5. The molecule has 0 spiro atoms. The number of methoxy groups -OCH3 is 1. The van der Waals surface area contributed by atoms with Crippen molar-refractivity contribution in [3.8, 4) is 11.1 Å². The number of ether oxygens (including phenoxy) is 2. The van der Waals surface area contributed by atoms with E-state index in [1.807, 2.05) is 31.2 Å². The second kappa shape index (κ2) is 11.7. The van der Waals surface area contributed by atoms with Gasteiger partial charge >= 0.3 is 5.97 Å². The van der Waals surface area contributed by atoms with Crippen LogP contribution < -0.4 is 0 Å². The van der Waals surface area contributed by atoms with Gasteiger partial charge in [-0.3, -0.25) is 4.79 Å². The predicted octanol–water partition coefficient (Wildman–Crippen LogP) is 5.52. The van der Waals surface area contributed by atoms with Crippen LogP contribution in [0.25, 0.3) is 11.1 Å². The van der Waals surface area contributed by atoms with Crippen molar-refractivity contribution in [3.05, 3.63) is 58.9 Å². The third-order valence-corrected chi connectivity index (χ3v) is 5.60. The molecule has 0 bridgehead atoms. The number of carbonyl (C=O) groups excluding carboxylic acids is 1. The summed E-state index contributed by atoms with van der Waals surface area (Å²) in [6, 6.07) is 12.1. The van der Waals surface area contributed by atoms with Gasteiger partial charge in [0.2, 0.25) is 0 Å². The normalized spacial score (nSPS) is 14.0. The van der Waals surface area contributed by atoms with Gasteiger partial charge in [-0.25, -0.2) is 4.39 Å². The molecule has 0 aliphatic rings. The van der Waals surface area contributed by atoms with Crippen LogP contribution in [0.4, 0.5) is 4.39 Å². The minimum Gasteiger partial charge on any atom is -0.466 e. The highest BCUT2D eigenvalue weighted by Gasteiger charge is 2.38. The minimum absolute atomic E-state index is 0.0401. The summed E-state index contributed by atoms with van der Waals surface area (Å²) in [6.07, 6.45) is 1.74. The molecule has 31 heavy (non-hydrogen) atoms. The summed E-state index contributed by atoms with van der Waals surface area (Å²) >= 11 is 6.01. The lowest BCUT2D eigenvalue weighted by molar-refractivity contribution is -0.158. The van der Waals surface area contributed by atoms with Gasteiger partial charge in [-0.15, -0.1) is 0 Å². The zero-order valence-corrected chi connectivity index (χ0v) is 19.4. The van der Waals surface area contributed by atoms with Crippen LogP contribution in [-0.2, 0) is 20.7 Å². The Morgan fingerprint density at radius 3 is 2.52 bits per heavy atom. The highest BCUT2D eigenvalue weighted by atomic mass is 35.5. The molecule has 0 fully saturated rings. The lowest BCUT2D eigenvalue weighted by Crippen LogP contribution is -2.37. The summed E-state index contributed by atoms with van der Waals surface area (Å²) in [4.78, 5) is 12.6.